The van der Waals surface area contributed by atoms with Crippen LogP contribution in [-0.2, 0) is 0 Å². The molecule has 66 valence electrons. The van der Waals surface area contributed by atoms with E-state index >= 15 is 0 Å². The number of Topliss-reactive ketones (excluding diaryl/α,β-unsaturated/α-hetero) is 1. The van der Waals surface area contributed by atoms with Gasteiger partial charge in [-0.25, -0.2) is 4.98 Å². The molecule has 0 radical (unpaired) electrons. The van der Waals surface area contributed by atoms with E-state index in [1.807, 2.05) is 0 Å². The first-order valence-electron chi connectivity index (χ1n) is 3.78. The summed E-state index contributed by atoms with van der Waals surface area (Å²) in [6.07, 6.45) is 0. The number of aromatic nitrogens is 1. The van der Waals surface area contributed by atoms with Crippen LogP contribution in [-0.4, -0.2) is 10.8 Å². The fourth-order valence-electron chi connectivity index (χ4n) is 1.08. The van der Waals surface area contributed by atoms with Crippen molar-refractivity contribution < 1.29 is 9.21 Å². The number of rotatable bonds is 1. The van der Waals surface area contributed by atoms with Crippen molar-refractivity contribution in [3.63, 3.8) is 0 Å². The van der Waals surface area contributed by atoms with E-state index in [0.29, 0.717) is 16.0 Å². The van der Waals surface area contributed by atoms with Crippen LogP contribution in [0.25, 0.3) is 11.1 Å². The number of oxazole rings is 1. The van der Waals surface area contributed by atoms with Crippen LogP contribution in [0.2, 0.25) is 0 Å². The topological polar surface area (TPSA) is 43.1 Å². The van der Waals surface area contributed by atoms with E-state index in [9.17, 15) is 4.79 Å². The Kier molecular flexibility index (Phi) is 1.84. The molecular formula is C9H7NO2S. The highest BCUT2D eigenvalue weighted by molar-refractivity contribution is 7.80. The van der Waals surface area contributed by atoms with Crippen LogP contribution in [0.1, 0.15) is 17.6 Å². The molecule has 0 aliphatic rings. The van der Waals surface area contributed by atoms with Crippen LogP contribution in [0.5, 0.6) is 0 Å². The third-order valence-corrected chi connectivity index (χ3v) is 2.06. The Hall–Kier alpha value is -1.29. The molecule has 1 aromatic heterocycles. The Morgan fingerprint density at radius 3 is 2.92 bits per heavy atom. The number of benzene rings is 1. The van der Waals surface area contributed by atoms with Gasteiger partial charge in [-0.2, -0.15) is 0 Å². The van der Waals surface area contributed by atoms with Gasteiger partial charge in [-0.15, -0.1) is 12.6 Å². The predicted octanol–water partition coefficient (Wildman–Crippen LogP) is 2.32. The predicted molar refractivity (Wildman–Crippen MR) is 51.3 cm³/mol. The fraction of sp³-hybridized carbons (Fsp3) is 0.111. The number of carbonyl (C=O) groups excluding carboxylic acids is 1. The van der Waals surface area contributed by atoms with Gasteiger partial charge in [-0.05, 0) is 12.1 Å². The number of thiol groups is 1. The number of hydrogen-bond acceptors (Lipinski definition) is 4. The highest BCUT2D eigenvalue weighted by Crippen LogP contribution is 2.21. The minimum Gasteiger partial charge on any atom is -0.434 e. The maximum atomic E-state index is 10.9. The molecule has 0 aliphatic carbocycles. The van der Waals surface area contributed by atoms with E-state index in [2.05, 4.69) is 17.6 Å². The second kappa shape index (κ2) is 2.88. The molecule has 1 heterocycles. The molecule has 0 amide bonds. The Bertz CT molecular complexity index is 475. The Labute approximate surface area is 80.2 Å². The minimum absolute atomic E-state index is 0.136. The Balaban J connectivity index is 2.75. The van der Waals surface area contributed by atoms with Gasteiger partial charge in [-0.1, -0.05) is 6.07 Å². The van der Waals surface area contributed by atoms with Crippen LogP contribution in [0.4, 0.5) is 0 Å². The standard InChI is InChI=1S/C9H7NO2S/c1-5(11)9-10-8-6(12-9)3-2-4-7(8)13/h2-4,13H,1H3. The summed E-state index contributed by atoms with van der Waals surface area (Å²) in [6.45, 7) is 1.42. The molecule has 0 saturated heterocycles. The van der Waals surface area contributed by atoms with E-state index in [4.69, 9.17) is 4.42 Å². The lowest BCUT2D eigenvalue weighted by molar-refractivity contribution is 0.0983. The van der Waals surface area contributed by atoms with Gasteiger partial charge in [-0.3, -0.25) is 4.79 Å². The number of carbonyl (C=O) groups is 1. The molecular weight excluding hydrogens is 186 g/mol. The molecule has 2 rings (SSSR count). The summed E-state index contributed by atoms with van der Waals surface area (Å²) in [7, 11) is 0. The van der Waals surface area contributed by atoms with Crippen molar-refractivity contribution in [3.05, 3.63) is 24.1 Å². The van der Waals surface area contributed by atoms with Crippen molar-refractivity contribution in [2.75, 3.05) is 0 Å². The fourth-order valence-corrected chi connectivity index (χ4v) is 1.33. The summed E-state index contributed by atoms with van der Waals surface area (Å²) < 4.78 is 5.20. The van der Waals surface area contributed by atoms with Gasteiger partial charge in [0.1, 0.15) is 5.52 Å². The average molecular weight is 193 g/mol. The number of nitrogens with zero attached hydrogens (tertiary/aromatic N) is 1. The highest BCUT2D eigenvalue weighted by Gasteiger charge is 2.10. The molecule has 0 aliphatic heterocycles. The van der Waals surface area contributed by atoms with Gasteiger partial charge in [0.2, 0.25) is 5.78 Å². The first kappa shape index (κ1) is 8.31. The molecule has 1 aromatic carbocycles. The first-order valence-corrected chi connectivity index (χ1v) is 4.22. The lowest BCUT2D eigenvalue weighted by Crippen LogP contribution is -1.89. The van der Waals surface area contributed by atoms with Crippen molar-refractivity contribution in [2.24, 2.45) is 0 Å². The zero-order valence-corrected chi connectivity index (χ0v) is 7.84. The van der Waals surface area contributed by atoms with Crippen LogP contribution < -0.4 is 0 Å². The van der Waals surface area contributed by atoms with Crippen molar-refractivity contribution in [1.29, 1.82) is 0 Å². The SMILES string of the molecule is CC(=O)c1nc2c(S)cccc2o1. The van der Waals surface area contributed by atoms with Crippen LogP contribution in [0, 0.1) is 0 Å². The van der Waals surface area contributed by atoms with Crippen molar-refractivity contribution in [1.82, 2.24) is 4.98 Å². The van der Waals surface area contributed by atoms with E-state index in [-0.39, 0.29) is 11.7 Å². The zero-order valence-electron chi connectivity index (χ0n) is 6.94. The van der Waals surface area contributed by atoms with Crippen molar-refractivity contribution in [2.45, 2.75) is 11.8 Å². The largest absolute Gasteiger partial charge is 0.434 e. The summed E-state index contributed by atoms with van der Waals surface area (Å²) in [6, 6.07) is 5.37. The number of para-hydroxylation sites is 1. The first-order chi connectivity index (χ1) is 6.18. The molecule has 13 heavy (non-hydrogen) atoms. The summed E-state index contributed by atoms with van der Waals surface area (Å²) in [4.78, 5) is 15.7. The summed E-state index contributed by atoms with van der Waals surface area (Å²) in [5, 5.41) is 0. The molecule has 0 unspecified atom stereocenters. The van der Waals surface area contributed by atoms with E-state index in [1.165, 1.54) is 6.92 Å². The molecule has 0 N–H and O–H groups in total. The van der Waals surface area contributed by atoms with Gasteiger partial charge in [0.15, 0.2) is 5.58 Å². The van der Waals surface area contributed by atoms with Gasteiger partial charge in [0, 0.05) is 11.8 Å². The molecule has 0 fully saturated rings. The van der Waals surface area contributed by atoms with Crippen molar-refractivity contribution in [3.8, 4) is 0 Å². The summed E-state index contributed by atoms with van der Waals surface area (Å²) in [5.41, 5.74) is 1.23. The third kappa shape index (κ3) is 1.33. The smallest absolute Gasteiger partial charge is 0.263 e. The van der Waals surface area contributed by atoms with Gasteiger partial charge in [0.25, 0.3) is 5.89 Å². The minimum atomic E-state index is -0.177. The molecule has 0 spiro atoms. The number of ketones is 1. The number of fused-ring (bicyclic) bond motifs is 1. The maximum Gasteiger partial charge on any atom is 0.263 e. The average Bonchev–Trinajstić information content (AvgIpc) is 2.49. The number of hydrogen-bond donors (Lipinski definition) is 1. The van der Waals surface area contributed by atoms with E-state index in [1.54, 1.807) is 18.2 Å². The lowest BCUT2D eigenvalue weighted by atomic mass is 10.3. The summed E-state index contributed by atoms with van der Waals surface area (Å²) in [5.74, 6) is -0.0413. The Morgan fingerprint density at radius 1 is 1.54 bits per heavy atom. The zero-order chi connectivity index (χ0) is 9.42. The second-order valence-corrected chi connectivity index (χ2v) is 3.18. The van der Waals surface area contributed by atoms with Crippen LogP contribution >= 0.6 is 12.6 Å². The molecule has 2 aromatic rings. The molecule has 0 bridgehead atoms. The molecule has 0 atom stereocenters. The monoisotopic (exact) mass is 193 g/mol. The lowest BCUT2D eigenvalue weighted by Gasteiger charge is -1.87. The highest BCUT2D eigenvalue weighted by atomic mass is 32.1. The molecule has 4 heteroatoms. The van der Waals surface area contributed by atoms with Crippen LogP contribution in [0.3, 0.4) is 0 Å². The maximum absolute atomic E-state index is 10.9. The van der Waals surface area contributed by atoms with Crippen molar-refractivity contribution >= 4 is 29.5 Å². The van der Waals surface area contributed by atoms with Gasteiger partial charge >= 0.3 is 0 Å². The summed E-state index contributed by atoms with van der Waals surface area (Å²) >= 11 is 4.20. The molecule has 3 nitrogen and oxygen atoms in total. The molecule has 0 saturated carbocycles. The Morgan fingerprint density at radius 2 is 2.31 bits per heavy atom. The normalized spacial score (nSPS) is 10.6. The van der Waals surface area contributed by atoms with Crippen LogP contribution in [0.15, 0.2) is 27.5 Å². The quantitative estimate of drug-likeness (QED) is 0.558. The van der Waals surface area contributed by atoms with E-state index < -0.39 is 0 Å². The van der Waals surface area contributed by atoms with E-state index in [0.717, 1.165) is 0 Å². The second-order valence-electron chi connectivity index (χ2n) is 2.70. The van der Waals surface area contributed by atoms with Gasteiger partial charge < -0.3 is 4.42 Å². The van der Waals surface area contributed by atoms with Gasteiger partial charge in [0.05, 0.1) is 0 Å². The third-order valence-electron chi connectivity index (χ3n) is 1.70.